The highest BCUT2D eigenvalue weighted by atomic mass is 35.5. The Bertz CT molecular complexity index is 1170. The highest BCUT2D eigenvalue weighted by Gasteiger charge is 2.24. The van der Waals surface area contributed by atoms with E-state index in [0.717, 1.165) is 23.0 Å². The van der Waals surface area contributed by atoms with Gasteiger partial charge < -0.3 is 4.98 Å². The van der Waals surface area contributed by atoms with Crippen LogP contribution in [0.4, 0.5) is 4.39 Å². The van der Waals surface area contributed by atoms with Gasteiger partial charge in [-0.15, -0.1) is 0 Å². The molecule has 146 valence electrons. The Morgan fingerprint density at radius 3 is 2.72 bits per heavy atom. The monoisotopic (exact) mass is 408 g/mol. The van der Waals surface area contributed by atoms with Gasteiger partial charge in [0.05, 0.1) is 11.8 Å². The second-order valence-electron chi connectivity index (χ2n) is 6.99. The molecule has 1 aliphatic carbocycles. The molecule has 6 heteroatoms. The fraction of sp³-hybridized carbons (Fsp3) is 0.174. The third-order valence-corrected chi connectivity index (χ3v) is 5.29. The van der Waals surface area contributed by atoms with Gasteiger partial charge in [0.1, 0.15) is 5.82 Å². The number of pyridine rings is 2. The molecule has 0 fully saturated rings. The van der Waals surface area contributed by atoms with Gasteiger partial charge in [-0.25, -0.2) is 4.39 Å². The summed E-state index contributed by atoms with van der Waals surface area (Å²) in [5.41, 5.74) is 3.26. The molecule has 0 bridgehead atoms. The number of aromatic amines is 1. The summed E-state index contributed by atoms with van der Waals surface area (Å²) in [6, 6.07) is 10.7. The van der Waals surface area contributed by atoms with E-state index in [-0.39, 0.29) is 17.8 Å². The number of hydrogen-bond acceptors (Lipinski definition) is 3. The SMILES string of the molecule is O=C(CCc1cncc(F)c1)c1c(-c2ccccc2)c2c([nH]c1=O)CCC(Cl)=C2. The van der Waals surface area contributed by atoms with E-state index in [1.54, 1.807) is 0 Å². The van der Waals surface area contributed by atoms with Crippen LogP contribution in [0.5, 0.6) is 0 Å². The van der Waals surface area contributed by atoms with Crippen LogP contribution in [0.1, 0.15) is 40.0 Å². The van der Waals surface area contributed by atoms with Gasteiger partial charge in [-0.05, 0) is 42.5 Å². The molecule has 0 atom stereocenters. The zero-order valence-corrected chi connectivity index (χ0v) is 16.3. The molecule has 4 rings (SSSR count). The molecule has 1 aromatic carbocycles. The van der Waals surface area contributed by atoms with Crippen molar-refractivity contribution in [2.45, 2.75) is 25.7 Å². The topological polar surface area (TPSA) is 62.8 Å². The Morgan fingerprint density at radius 1 is 1.17 bits per heavy atom. The number of carbonyl (C=O) groups excluding carboxylic acids is 1. The van der Waals surface area contributed by atoms with E-state index >= 15 is 0 Å². The predicted octanol–water partition coefficient (Wildman–Crippen LogP) is 4.92. The number of aromatic nitrogens is 2. The maximum Gasteiger partial charge on any atom is 0.259 e. The lowest BCUT2D eigenvalue weighted by molar-refractivity contribution is 0.0982. The third-order valence-electron chi connectivity index (χ3n) is 4.99. The van der Waals surface area contributed by atoms with Crippen LogP contribution < -0.4 is 5.56 Å². The van der Waals surface area contributed by atoms with Crippen molar-refractivity contribution in [3.05, 3.63) is 92.4 Å². The van der Waals surface area contributed by atoms with Gasteiger partial charge in [-0.3, -0.25) is 14.6 Å². The Balaban J connectivity index is 1.79. The summed E-state index contributed by atoms with van der Waals surface area (Å²) in [7, 11) is 0. The van der Waals surface area contributed by atoms with E-state index in [9.17, 15) is 14.0 Å². The first-order valence-corrected chi connectivity index (χ1v) is 9.74. The van der Waals surface area contributed by atoms with E-state index in [1.165, 1.54) is 12.3 Å². The molecule has 2 aromatic heterocycles. The molecule has 0 radical (unpaired) electrons. The molecule has 1 aliphatic rings. The number of carbonyl (C=O) groups is 1. The molecule has 29 heavy (non-hydrogen) atoms. The van der Waals surface area contributed by atoms with Crippen molar-refractivity contribution in [1.29, 1.82) is 0 Å². The summed E-state index contributed by atoms with van der Waals surface area (Å²) in [6.07, 6.45) is 6.10. The minimum atomic E-state index is -0.452. The molecular formula is C23H18ClFN2O2. The van der Waals surface area contributed by atoms with E-state index in [4.69, 9.17) is 11.6 Å². The van der Waals surface area contributed by atoms with E-state index in [1.807, 2.05) is 36.4 Å². The molecule has 2 heterocycles. The zero-order valence-electron chi connectivity index (χ0n) is 15.5. The highest BCUT2D eigenvalue weighted by molar-refractivity contribution is 6.31. The largest absolute Gasteiger partial charge is 0.325 e. The lowest BCUT2D eigenvalue weighted by Gasteiger charge is -2.19. The minimum Gasteiger partial charge on any atom is -0.325 e. The summed E-state index contributed by atoms with van der Waals surface area (Å²) in [4.78, 5) is 32.6. The van der Waals surface area contributed by atoms with Crippen LogP contribution in [0, 0.1) is 5.82 Å². The Hall–Kier alpha value is -3.05. The zero-order chi connectivity index (χ0) is 20.4. The van der Waals surface area contributed by atoms with Crippen LogP contribution in [0.15, 0.2) is 58.6 Å². The second kappa shape index (κ2) is 8.13. The highest BCUT2D eigenvalue weighted by Crippen LogP contribution is 2.34. The van der Waals surface area contributed by atoms with Crippen molar-refractivity contribution in [3.63, 3.8) is 0 Å². The van der Waals surface area contributed by atoms with Crippen molar-refractivity contribution in [2.24, 2.45) is 0 Å². The normalized spacial score (nSPS) is 13.0. The van der Waals surface area contributed by atoms with Crippen LogP contribution in [0.2, 0.25) is 0 Å². The molecule has 0 saturated heterocycles. The van der Waals surface area contributed by atoms with E-state index in [0.29, 0.717) is 35.4 Å². The summed E-state index contributed by atoms with van der Waals surface area (Å²) in [5, 5.41) is 0.686. The van der Waals surface area contributed by atoms with Crippen LogP contribution >= 0.6 is 11.6 Å². The van der Waals surface area contributed by atoms with Gasteiger partial charge in [0.15, 0.2) is 5.78 Å². The van der Waals surface area contributed by atoms with Gasteiger partial charge in [0, 0.05) is 34.5 Å². The number of allylic oxidation sites excluding steroid dienone is 1. The van der Waals surface area contributed by atoms with Crippen LogP contribution in [-0.4, -0.2) is 15.8 Å². The number of aryl methyl sites for hydroxylation is 2. The van der Waals surface area contributed by atoms with Crippen LogP contribution in [-0.2, 0) is 12.8 Å². The van der Waals surface area contributed by atoms with E-state index in [2.05, 4.69) is 9.97 Å². The maximum absolute atomic E-state index is 13.4. The Labute approximate surface area is 172 Å². The molecule has 0 aliphatic heterocycles. The molecule has 1 N–H and O–H groups in total. The van der Waals surface area contributed by atoms with Gasteiger partial charge >= 0.3 is 0 Å². The van der Waals surface area contributed by atoms with Gasteiger partial charge in [0.25, 0.3) is 5.56 Å². The first kappa shape index (κ1) is 19.3. The average molecular weight is 409 g/mol. The van der Waals surface area contributed by atoms with Gasteiger partial charge in [-0.2, -0.15) is 0 Å². The number of Topliss-reactive ketones (excluding diaryl/α,β-unsaturated/α-hetero) is 1. The quantitative estimate of drug-likeness (QED) is 0.609. The number of benzene rings is 1. The fourth-order valence-electron chi connectivity index (χ4n) is 3.64. The smallest absolute Gasteiger partial charge is 0.259 e. The Kier molecular flexibility index (Phi) is 5.41. The fourth-order valence-corrected chi connectivity index (χ4v) is 3.85. The molecule has 3 aromatic rings. The van der Waals surface area contributed by atoms with Crippen LogP contribution in [0.25, 0.3) is 17.2 Å². The number of fused-ring (bicyclic) bond motifs is 1. The van der Waals surface area contributed by atoms with Crippen molar-refractivity contribution < 1.29 is 9.18 Å². The number of hydrogen-bond donors (Lipinski definition) is 1. The first-order valence-electron chi connectivity index (χ1n) is 9.36. The number of ketones is 1. The first-order chi connectivity index (χ1) is 14.0. The summed E-state index contributed by atoms with van der Waals surface area (Å²) in [5.74, 6) is -0.751. The minimum absolute atomic E-state index is 0.0737. The van der Waals surface area contributed by atoms with Crippen molar-refractivity contribution in [3.8, 4) is 11.1 Å². The standard InChI is InChI=1S/C23H18ClFN2O2/c24-16-7-8-19-18(11-16)21(15-4-2-1-3-5-15)22(23(29)27-19)20(28)9-6-14-10-17(25)13-26-12-14/h1-5,10-13H,6-9H2,(H,27,29). The van der Waals surface area contributed by atoms with Crippen molar-refractivity contribution >= 4 is 23.5 Å². The summed E-state index contributed by atoms with van der Waals surface area (Å²) < 4.78 is 13.4. The molecule has 4 nitrogen and oxygen atoms in total. The number of H-pyrrole nitrogens is 1. The lowest BCUT2D eigenvalue weighted by Crippen LogP contribution is -2.24. The molecule has 0 unspecified atom stereocenters. The molecular weight excluding hydrogens is 391 g/mol. The molecule has 0 spiro atoms. The summed E-state index contributed by atoms with van der Waals surface area (Å²) in [6.45, 7) is 0. The lowest BCUT2D eigenvalue weighted by atomic mass is 9.88. The maximum atomic E-state index is 13.4. The average Bonchev–Trinajstić information content (AvgIpc) is 2.72. The van der Waals surface area contributed by atoms with Crippen LogP contribution in [0.3, 0.4) is 0 Å². The number of nitrogens with zero attached hydrogens (tertiary/aromatic N) is 1. The molecule has 0 saturated carbocycles. The van der Waals surface area contributed by atoms with Crippen molar-refractivity contribution in [1.82, 2.24) is 9.97 Å². The van der Waals surface area contributed by atoms with Gasteiger partial charge in [-0.1, -0.05) is 41.9 Å². The van der Waals surface area contributed by atoms with Crippen molar-refractivity contribution in [2.75, 3.05) is 0 Å². The second-order valence-corrected chi connectivity index (χ2v) is 7.47. The molecule has 0 amide bonds. The van der Waals surface area contributed by atoms with Gasteiger partial charge in [0.2, 0.25) is 0 Å². The van der Waals surface area contributed by atoms with E-state index < -0.39 is 11.4 Å². The summed E-state index contributed by atoms with van der Waals surface area (Å²) >= 11 is 6.27. The Morgan fingerprint density at radius 2 is 1.97 bits per heavy atom. The number of halogens is 2. The number of rotatable bonds is 5. The number of nitrogens with one attached hydrogen (secondary N) is 1. The predicted molar refractivity (Wildman–Crippen MR) is 111 cm³/mol. The third kappa shape index (κ3) is 4.05.